The maximum absolute atomic E-state index is 2.41. The highest BCUT2D eigenvalue weighted by Gasteiger charge is 2.21. The molecular formula is C70H48N2. The van der Waals surface area contributed by atoms with E-state index in [0.29, 0.717) is 0 Å². The lowest BCUT2D eigenvalue weighted by atomic mass is 9.84. The van der Waals surface area contributed by atoms with Crippen molar-refractivity contribution in [3.8, 4) is 72.4 Å². The summed E-state index contributed by atoms with van der Waals surface area (Å²) in [5.41, 5.74) is 21.0. The van der Waals surface area contributed by atoms with Crippen molar-refractivity contribution < 1.29 is 0 Å². The minimum Gasteiger partial charge on any atom is -0.310 e. The van der Waals surface area contributed by atoms with Crippen LogP contribution in [0.25, 0.3) is 105 Å². The lowest BCUT2D eigenvalue weighted by molar-refractivity contribution is 1.18. The van der Waals surface area contributed by atoms with Crippen LogP contribution < -0.4 is 4.90 Å². The summed E-state index contributed by atoms with van der Waals surface area (Å²) in [6.45, 7) is 0. The van der Waals surface area contributed by atoms with E-state index in [-0.39, 0.29) is 0 Å². The topological polar surface area (TPSA) is 8.17 Å². The van der Waals surface area contributed by atoms with E-state index < -0.39 is 0 Å². The number of nitrogens with zero attached hydrogens (tertiary/aromatic N) is 2. The second-order valence-electron chi connectivity index (χ2n) is 18.4. The van der Waals surface area contributed by atoms with Crippen LogP contribution in [0.5, 0.6) is 0 Å². The lowest BCUT2D eigenvalue weighted by Gasteiger charge is -2.27. The molecule has 0 saturated carbocycles. The van der Waals surface area contributed by atoms with Crippen LogP contribution in [0, 0.1) is 0 Å². The Morgan fingerprint density at radius 1 is 0.236 bits per heavy atom. The fourth-order valence-electron chi connectivity index (χ4n) is 10.9. The summed E-state index contributed by atoms with van der Waals surface area (Å²) in [5, 5.41) is 4.94. The second kappa shape index (κ2) is 18.4. The lowest BCUT2D eigenvalue weighted by Crippen LogP contribution is -2.10. The van der Waals surface area contributed by atoms with Crippen molar-refractivity contribution in [2.45, 2.75) is 0 Å². The van der Waals surface area contributed by atoms with Crippen molar-refractivity contribution in [2.24, 2.45) is 0 Å². The molecule has 0 fully saturated rings. The molecule has 1 heterocycles. The molecule has 0 aliphatic carbocycles. The van der Waals surface area contributed by atoms with E-state index in [1.54, 1.807) is 0 Å². The van der Waals surface area contributed by atoms with E-state index in [4.69, 9.17) is 0 Å². The SMILES string of the molecule is c1ccc(-c2ccccc2-c2c(-c3ccccc3)cccc2-c2ccc(N(c3cccc(-c4ccc5c(c4)c4ccccc4n5-c4ccccc4)c3)c3cccc(-c4cccc5ccccc45)c3)cc2)cc1. The van der Waals surface area contributed by atoms with Crippen LogP contribution in [0.15, 0.2) is 291 Å². The van der Waals surface area contributed by atoms with Crippen molar-refractivity contribution in [3.63, 3.8) is 0 Å². The summed E-state index contributed by atoms with van der Waals surface area (Å²) < 4.78 is 2.38. The Morgan fingerprint density at radius 3 is 1.43 bits per heavy atom. The van der Waals surface area contributed by atoms with E-state index >= 15 is 0 Å². The maximum Gasteiger partial charge on any atom is 0.0541 e. The van der Waals surface area contributed by atoms with Crippen molar-refractivity contribution in [1.29, 1.82) is 0 Å². The number of rotatable bonds is 10. The van der Waals surface area contributed by atoms with Gasteiger partial charge in [0.25, 0.3) is 0 Å². The molecule has 0 unspecified atom stereocenters. The van der Waals surface area contributed by atoms with Gasteiger partial charge in [0.05, 0.1) is 11.0 Å². The molecule has 0 saturated heterocycles. The van der Waals surface area contributed by atoms with Gasteiger partial charge in [-0.2, -0.15) is 0 Å². The average Bonchev–Trinajstić information content (AvgIpc) is 3.79. The van der Waals surface area contributed by atoms with E-state index in [9.17, 15) is 0 Å². The Bertz CT molecular complexity index is 4070. The summed E-state index contributed by atoms with van der Waals surface area (Å²) >= 11 is 0. The highest BCUT2D eigenvalue weighted by molar-refractivity contribution is 6.10. The van der Waals surface area contributed by atoms with Crippen LogP contribution in [0.1, 0.15) is 0 Å². The molecule has 0 aliphatic rings. The van der Waals surface area contributed by atoms with Crippen LogP contribution in [0.2, 0.25) is 0 Å². The summed E-state index contributed by atoms with van der Waals surface area (Å²) in [6, 6.07) is 106. The Morgan fingerprint density at radius 2 is 0.694 bits per heavy atom. The molecule has 0 radical (unpaired) electrons. The van der Waals surface area contributed by atoms with Crippen molar-refractivity contribution in [1.82, 2.24) is 4.57 Å². The third-order valence-corrected chi connectivity index (χ3v) is 14.2. The van der Waals surface area contributed by atoms with Gasteiger partial charge in [-0.3, -0.25) is 0 Å². The van der Waals surface area contributed by atoms with Gasteiger partial charge in [-0.1, -0.05) is 224 Å². The van der Waals surface area contributed by atoms with E-state index in [1.165, 1.54) is 88.2 Å². The zero-order valence-electron chi connectivity index (χ0n) is 39.6. The zero-order chi connectivity index (χ0) is 47.8. The van der Waals surface area contributed by atoms with Crippen molar-refractivity contribution in [2.75, 3.05) is 4.90 Å². The van der Waals surface area contributed by atoms with Gasteiger partial charge in [-0.05, 0) is 144 Å². The van der Waals surface area contributed by atoms with Crippen LogP contribution in [-0.2, 0) is 0 Å². The molecule has 0 atom stereocenters. The average molecular weight is 917 g/mol. The number of anilines is 3. The normalized spacial score (nSPS) is 11.3. The summed E-state index contributed by atoms with van der Waals surface area (Å²) in [4.78, 5) is 2.41. The zero-order valence-corrected chi connectivity index (χ0v) is 39.6. The molecule has 0 amide bonds. The van der Waals surface area contributed by atoms with Crippen molar-refractivity contribution >= 4 is 49.6 Å². The van der Waals surface area contributed by atoms with Crippen LogP contribution in [0.3, 0.4) is 0 Å². The first-order chi connectivity index (χ1) is 35.7. The molecular weight excluding hydrogens is 869 g/mol. The van der Waals surface area contributed by atoms with Gasteiger partial charge in [-0.15, -0.1) is 0 Å². The first kappa shape index (κ1) is 42.6. The fourth-order valence-corrected chi connectivity index (χ4v) is 10.9. The van der Waals surface area contributed by atoms with E-state index in [2.05, 4.69) is 301 Å². The number of aromatic nitrogens is 1. The van der Waals surface area contributed by atoms with E-state index in [1.807, 2.05) is 0 Å². The number of hydrogen-bond donors (Lipinski definition) is 0. The number of fused-ring (bicyclic) bond motifs is 4. The Kier molecular flexibility index (Phi) is 10.9. The number of para-hydroxylation sites is 2. The molecule has 13 rings (SSSR count). The molecule has 13 aromatic rings. The molecule has 2 heteroatoms. The monoisotopic (exact) mass is 916 g/mol. The number of benzene rings is 12. The molecule has 1 aromatic heterocycles. The predicted molar refractivity (Wildman–Crippen MR) is 306 cm³/mol. The summed E-state index contributed by atoms with van der Waals surface area (Å²) in [5.74, 6) is 0. The largest absolute Gasteiger partial charge is 0.310 e. The van der Waals surface area contributed by atoms with Crippen LogP contribution in [0.4, 0.5) is 17.1 Å². The molecule has 0 aliphatic heterocycles. The minimum absolute atomic E-state index is 1.07. The van der Waals surface area contributed by atoms with Gasteiger partial charge < -0.3 is 9.47 Å². The number of hydrogen-bond acceptors (Lipinski definition) is 1. The fraction of sp³-hybridized carbons (Fsp3) is 0. The Labute approximate surface area is 420 Å². The molecule has 2 nitrogen and oxygen atoms in total. The van der Waals surface area contributed by atoms with Gasteiger partial charge in [-0.25, -0.2) is 0 Å². The molecule has 0 spiro atoms. The summed E-state index contributed by atoms with van der Waals surface area (Å²) in [6.07, 6.45) is 0. The first-order valence-corrected chi connectivity index (χ1v) is 24.7. The highest BCUT2D eigenvalue weighted by Crippen LogP contribution is 2.46. The van der Waals surface area contributed by atoms with Gasteiger partial charge in [0.15, 0.2) is 0 Å². The molecule has 12 aromatic carbocycles. The third kappa shape index (κ3) is 7.73. The Balaban J connectivity index is 0.962. The van der Waals surface area contributed by atoms with E-state index in [0.717, 1.165) is 33.9 Å². The van der Waals surface area contributed by atoms with Crippen LogP contribution in [-0.4, -0.2) is 4.57 Å². The first-order valence-electron chi connectivity index (χ1n) is 24.7. The minimum atomic E-state index is 1.07. The van der Waals surface area contributed by atoms with Gasteiger partial charge in [0, 0.05) is 33.5 Å². The molecule has 0 bridgehead atoms. The van der Waals surface area contributed by atoms with Gasteiger partial charge >= 0.3 is 0 Å². The third-order valence-electron chi connectivity index (χ3n) is 14.2. The quantitative estimate of drug-likeness (QED) is 0.133. The smallest absolute Gasteiger partial charge is 0.0541 e. The molecule has 338 valence electrons. The highest BCUT2D eigenvalue weighted by atomic mass is 15.1. The van der Waals surface area contributed by atoms with Gasteiger partial charge in [0.2, 0.25) is 0 Å². The predicted octanol–water partition coefficient (Wildman–Crippen LogP) is 19.4. The summed E-state index contributed by atoms with van der Waals surface area (Å²) in [7, 11) is 0. The van der Waals surface area contributed by atoms with Gasteiger partial charge in [0.1, 0.15) is 0 Å². The standard InChI is InChI=1S/C70H48N2/c1-4-20-49(21-5-1)61-33-12-13-35-66(61)70-63(51-22-6-2-7-23-51)37-19-38-64(70)52-40-43-57(44-41-52)71(59-31-17-27-55(47-59)62-36-18-25-50-24-10-11-32-60(50)62)58-30-16-26-53(46-58)54-42-45-69-67(48-54)65-34-14-15-39-68(65)72(69)56-28-8-3-9-29-56/h1-48H. The maximum atomic E-state index is 2.41. The van der Waals surface area contributed by atoms with Crippen LogP contribution >= 0.6 is 0 Å². The molecule has 0 N–H and O–H groups in total. The Hall–Kier alpha value is -9.50. The molecule has 72 heavy (non-hydrogen) atoms. The van der Waals surface area contributed by atoms with Crippen molar-refractivity contribution in [3.05, 3.63) is 291 Å². The second-order valence-corrected chi connectivity index (χ2v) is 18.4.